The predicted octanol–water partition coefficient (Wildman–Crippen LogP) is 0.412. The first-order valence-electron chi connectivity index (χ1n) is 4.74. The van der Waals surface area contributed by atoms with Gasteiger partial charge in [-0.2, -0.15) is 0 Å². The Morgan fingerprint density at radius 1 is 1.67 bits per heavy atom. The van der Waals surface area contributed by atoms with E-state index in [1.807, 2.05) is 0 Å². The average Bonchev–Trinajstić information content (AvgIpc) is 2.68. The molecule has 2 heterocycles. The molecule has 0 aliphatic carbocycles. The van der Waals surface area contributed by atoms with Crippen molar-refractivity contribution in [1.29, 1.82) is 0 Å². The molecule has 2 rings (SSSR count). The lowest BCUT2D eigenvalue weighted by Crippen LogP contribution is -2.43. The first kappa shape index (κ1) is 10.5. The number of nitrogens with zero attached hydrogens (tertiary/aromatic N) is 1. The molecule has 0 radical (unpaired) electrons. The number of carboxylic acid groups (broad SMARTS) is 1. The zero-order valence-electron chi connectivity index (χ0n) is 8.06. The van der Waals surface area contributed by atoms with E-state index in [-0.39, 0.29) is 5.69 Å². The van der Waals surface area contributed by atoms with Crippen molar-refractivity contribution in [3.05, 3.63) is 16.1 Å². The van der Waals surface area contributed by atoms with Crippen LogP contribution in [0.5, 0.6) is 0 Å². The molecule has 1 aliphatic rings. The van der Waals surface area contributed by atoms with Gasteiger partial charge in [-0.1, -0.05) is 0 Å². The fraction of sp³-hybridized carbons (Fsp3) is 0.556. The minimum absolute atomic E-state index is 0.00833. The molecule has 1 fully saturated rings. The van der Waals surface area contributed by atoms with Gasteiger partial charge in [-0.15, -0.1) is 11.3 Å². The molecule has 82 valence electrons. The van der Waals surface area contributed by atoms with Crippen LogP contribution >= 0.6 is 11.3 Å². The molecular formula is C9H12N2O3S. The number of hydrogen-bond donors (Lipinski definition) is 3. The van der Waals surface area contributed by atoms with Crippen molar-refractivity contribution in [1.82, 2.24) is 10.3 Å². The van der Waals surface area contributed by atoms with E-state index in [1.165, 1.54) is 16.7 Å². The molecule has 0 bridgehead atoms. The lowest BCUT2D eigenvalue weighted by atomic mass is 9.95. The van der Waals surface area contributed by atoms with Crippen molar-refractivity contribution in [3.63, 3.8) is 0 Å². The summed E-state index contributed by atoms with van der Waals surface area (Å²) in [4.78, 5) is 14.6. The van der Waals surface area contributed by atoms with Gasteiger partial charge in [0, 0.05) is 11.9 Å². The summed E-state index contributed by atoms with van der Waals surface area (Å²) in [5.74, 6) is -1.05. The number of β-amino-alcohol motifs (C(OH)–C–C–N with tert-alkyl or cyclic N) is 1. The molecule has 1 atom stereocenters. The number of aromatic carboxylic acids is 1. The van der Waals surface area contributed by atoms with Crippen LogP contribution < -0.4 is 5.32 Å². The number of thiazole rings is 1. The predicted molar refractivity (Wildman–Crippen MR) is 55.1 cm³/mol. The summed E-state index contributed by atoms with van der Waals surface area (Å²) in [6, 6.07) is 0. The van der Waals surface area contributed by atoms with Gasteiger partial charge in [-0.3, -0.25) is 0 Å². The largest absolute Gasteiger partial charge is 0.476 e. The maximum atomic E-state index is 10.6. The number of carboxylic acids is 1. The van der Waals surface area contributed by atoms with Crippen molar-refractivity contribution >= 4 is 17.3 Å². The van der Waals surface area contributed by atoms with Crippen LogP contribution in [0.15, 0.2) is 5.38 Å². The molecule has 1 aromatic rings. The number of piperidine rings is 1. The van der Waals surface area contributed by atoms with Crippen LogP contribution in [0.25, 0.3) is 0 Å². The zero-order valence-corrected chi connectivity index (χ0v) is 8.88. The van der Waals surface area contributed by atoms with Gasteiger partial charge in [0.25, 0.3) is 0 Å². The molecule has 6 heteroatoms. The second kappa shape index (κ2) is 3.88. The smallest absolute Gasteiger partial charge is 0.355 e. The Morgan fingerprint density at radius 2 is 2.47 bits per heavy atom. The molecule has 5 nitrogen and oxygen atoms in total. The zero-order chi connectivity index (χ0) is 10.9. The van der Waals surface area contributed by atoms with Crippen molar-refractivity contribution in [2.45, 2.75) is 18.4 Å². The number of nitrogens with one attached hydrogen (secondary N) is 1. The highest BCUT2D eigenvalue weighted by molar-refractivity contribution is 7.10. The third kappa shape index (κ3) is 2.01. The number of rotatable bonds is 2. The van der Waals surface area contributed by atoms with E-state index in [0.29, 0.717) is 18.0 Å². The van der Waals surface area contributed by atoms with Crippen LogP contribution in [-0.2, 0) is 5.60 Å². The second-order valence-corrected chi connectivity index (χ2v) is 4.51. The summed E-state index contributed by atoms with van der Waals surface area (Å²) in [6.07, 6.45) is 1.51. The number of aliphatic hydroxyl groups is 1. The third-order valence-corrected chi connectivity index (χ3v) is 3.52. The van der Waals surface area contributed by atoms with E-state index in [0.717, 1.165) is 13.0 Å². The molecule has 1 aromatic heterocycles. The molecule has 1 saturated heterocycles. The Morgan fingerprint density at radius 3 is 3.00 bits per heavy atom. The molecule has 1 aliphatic heterocycles. The van der Waals surface area contributed by atoms with E-state index < -0.39 is 11.6 Å². The number of aromatic nitrogens is 1. The fourth-order valence-electron chi connectivity index (χ4n) is 1.66. The van der Waals surface area contributed by atoms with Gasteiger partial charge < -0.3 is 15.5 Å². The van der Waals surface area contributed by atoms with Gasteiger partial charge in [0.1, 0.15) is 10.6 Å². The molecule has 0 saturated carbocycles. The molecule has 0 aromatic carbocycles. The van der Waals surface area contributed by atoms with Crippen LogP contribution in [0.2, 0.25) is 0 Å². The van der Waals surface area contributed by atoms with Crippen LogP contribution in [0.3, 0.4) is 0 Å². The Bertz CT molecular complexity index is 371. The Kier molecular flexibility index (Phi) is 2.72. The average molecular weight is 228 g/mol. The lowest BCUT2D eigenvalue weighted by molar-refractivity contribution is 0.0119. The van der Waals surface area contributed by atoms with Crippen molar-refractivity contribution in [3.8, 4) is 0 Å². The SMILES string of the molecule is O=C(O)c1csc(C2(O)CCCNC2)n1. The fourth-order valence-corrected chi connectivity index (χ4v) is 2.58. The van der Waals surface area contributed by atoms with E-state index in [2.05, 4.69) is 10.3 Å². The van der Waals surface area contributed by atoms with Crippen molar-refractivity contribution < 1.29 is 15.0 Å². The van der Waals surface area contributed by atoms with E-state index >= 15 is 0 Å². The Hall–Kier alpha value is -0.980. The highest BCUT2D eigenvalue weighted by atomic mass is 32.1. The summed E-state index contributed by atoms with van der Waals surface area (Å²) in [5, 5.41) is 24.0. The maximum absolute atomic E-state index is 10.6. The van der Waals surface area contributed by atoms with Crippen molar-refractivity contribution in [2.75, 3.05) is 13.1 Å². The Labute approximate surface area is 90.8 Å². The van der Waals surface area contributed by atoms with E-state index in [4.69, 9.17) is 5.11 Å². The normalized spacial score (nSPS) is 26.5. The van der Waals surface area contributed by atoms with E-state index in [1.54, 1.807) is 0 Å². The third-order valence-electron chi connectivity index (χ3n) is 2.48. The molecule has 1 unspecified atom stereocenters. The lowest BCUT2D eigenvalue weighted by Gasteiger charge is -2.30. The minimum Gasteiger partial charge on any atom is -0.476 e. The maximum Gasteiger partial charge on any atom is 0.355 e. The molecule has 0 spiro atoms. The highest BCUT2D eigenvalue weighted by Crippen LogP contribution is 2.30. The first-order valence-corrected chi connectivity index (χ1v) is 5.62. The van der Waals surface area contributed by atoms with Crippen LogP contribution in [0, 0.1) is 0 Å². The molecular weight excluding hydrogens is 216 g/mol. The first-order chi connectivity index (χ1) is 7.12. The number of carbonyl (C=O) groups is 1. The van der Waals surface area contributed by atoms with Crippen LogP contribution in [0.1, 0.15) is 28.3 Å². The topological polar surface area (TPSA) is 82.5 Å². The van der Waals surface area contributed by atoms with Crippen molar-refractivity contribution in [2.24, 2.45) is 0 Å². The number of hydrogen-bond acceptors (Lipinski definition) is 5. The highest BCUT2D eigenvalue weighted by Gasteiger charge is 2.34. The minimum atomic E-state index is -1.05. The quantitative estimate of drug-likeness (QED) is 0.683. The summed E-state index contributed by atoms with van der Waals surface area (Å²) in [6.45, 7) is 1.33. The van der Waals surface area contributed by atoms with Gasteiger partial charge in [-0.05, 0) is 19.4 Å². The van der Waals surface area contributed by atoms with Gasteiger partial charge in [-0.25, -0.2) is 9.78 Å². The monoisotopic (exact) mass is 228 g/mol. The van der Waals surface area contributed by atoms with E-state index in [9.17, 15) is 9.90 Å². The van der Waals surface area contributed by atoms with Gasteiger partial charge >= 0.3 is 5.97 Å². The summed E-state index contributed by atoms with van der Waals surface area (Å²) in [5.41, 5.74) is -0.981. The van der Waals surface area contributed by atoms with Gasteiger partial charge in [0.15, 0.2) is 5.69 Å². The van der Waals surface area contributed by atoms with Gasteiger partial charge in [0.2, 0.25) is 0 Å². The molecule has 15 heavy (non-hydrogen) atoms. The Balaban J connectivity index is 2.23. The molecule has 0 amide bonds. The molecule has 3 N–H and O–H groups in total. The summed E-state index contributed by atoms with van der Waals surface area (Å²) in [7, 11) is 0. The van der Waals surface area contributed by atoms with Gasteiger partial charge in [0.05, 0.1) is 0 Å². The second-order valence-electron chi connectivity index (χ2n) is 3.65. The van der Waals surface area contributed by atoms with Crippen LogP contribution in [-0.4, -0.2) is 34.3 Å². The summed E-state index contributed by atoms with van der Waals surface area (Å²) >= 11 is 1.20. The standard InChI is InChI=1S/C9H12N2O3S/c12-7(13)6-4-15-8(11-6)9(14)2-1-3-10-5-9/h4,10,14H,1-3,5H2,(H,12,13). The van der Waals surface area contributed by atoms with Crippen LogP contribution in [0.4, 0.5) is 0 Å². The summed E-state index contributed by atoms with van der Waals surface area (Å²) < 4.78 is 0.